The van der Waals surface area contributed by atoms with E-state index >= 15 is 0 Å². The van der Waals surface area contributed by atoms with Crippen LogP contribution in [0.5, 0.6) is 5.75 Å². The molecule has 1 aromatic carbocycles. The number of hydrogen-bond acceptors (Lipinski definition) is 5. The van der Waals surface area contributed by atoms with Gasteiger partial charge in [-0.3, -0.25) is 4.79 Å². The number of carbonyl (C=O) groups excluding carboxylic acids is 1. The third-order valence-electron chi connectivity index (χ3n) is 2.77. The summed E-state index contributed by atoms with van der Waals surface area (Å²) in [6, 6.07) is 5.86. The molecule has 0 saturated carbocycles. The molecule has 0 N–H and O–H groups in total. The van der Waals surface area contributed by atoms with E-state index < -0.39 is 0 Å². The zero-order chi connectivity index (χ0) is 14.7. The number of aromatic nitrogens is 2. The van der Waals surface area contributed by atoms with Crippen LogP contribution < -0.4 is 4.74 Å². The molecule has 0 bridgehead atoms. The summed E-state index contributed by atoms with van der Waals surface area (Å²) in [6.45, 7) is 2.43. The number of benzene rings is 1. The van der Waals surface area contributed by atoms with Gasteiger partial charge in [-0.1, -0.05) is 29.0 Å². The van der Waals surface area contributed by atoms with E-state index in [4.69, 9.17) is 16.3 Å². The molecule has 7 heteroatoms. The molecule has 0 aliphatic carbocycles. The Kier molecular flexibility index (Phi) is 4.57. The average molecular weight is 312 g/mol. The van der Waals surface area contributed by atoms with Gasteiger partial charge in [0.05, 0.1) is 7.11 Å². The first kappa shape index (κ1) is 14.7. The van der Waals surface area contributed by atoms with Gasteiger partial charge in [-0.05, 0) is 24.6 Å². The summed E-state index contributed by atoms with van der Waals surface area (Å²) in [5, 5.41) is 7.67. The van der Waals surface area contributed by atoms with E-state index in [1.165, 1.54) is 0 Å². The molecule has 0 radical (unpaired) electrons. The second-order valence-corrected chi connectivity index (χ2v) is 5.90. The number of ether oxygens (including phenoxy) is 1. The van der Waals surface area contributed by atoms with Gasteiger partial charge in [0.15, 0.2) is 0 Å². The van der Waals surface area contributed by atoms with Crippen LogP contribution in [0.1, 0.15) is 20.9 Å². The quantitative estimate of drug-likeness (QED) is 0.871. The van der Waals surface area contributed by atoms with Crippen LogP contribution in [0.4, 0.5) is 0 Å². The average Bonchev–Trinajstić information content (AvgIpc) is 2.84. The van der Waals surface area contributed by atoms with E-state index in [2.05, 4.69) is 10.2 Å². The van der Waals surface area contributed by atoms with Crippen LogP contribution in [0.25, 0.3) is 0 Å². The Morgan fingerprint density at radius 3 is 2.80 bits per heavy atom. The lowest BCUT2D eigenvalue weighted by atomic mass is 10.1. The van der Waals surface area contributed by atoms with Gasteiger partial charge in [-0.25, -0.2) is 0 Å². The molecular formula is C13H14ClN3O2S. The predicted octanol–water partition coefficient (Wildman–Crippen LogP) is 2.78. The molecule has 0 aliphatic rings. The number of carbonyl (C=O) groups is 1. The smallest absolute Gasteiger partial charge is 0.284 e. The lowest BCUT2D eigenvalue weighted by Gasteiger charge is -2.17. The summed E-state index contributed by atoms with van der Waals surface area (Å²) < 4.78 is 5.57. The number of halogens is 1. The molecule has 0 spiro atoms. The second kappa shape index (κ2) is 6.19. The minimum atomic E-state index is -0.210. The Morgan fingerprint density at radius 1 is 1.45 bits per heavy atom. The first-order chi connectivity index (χ1) is 9.51. The molecule has 2 aromatic rings. The molecule has 0 saturated heterocycles. The number of aryl methyl sites for hydroxylation is 1. The fourth-order valence-corrected chi connectivity index (χ4v) is 2.64. The van der Waals surface area contributed by atoms with Gasteiger partial charge in [-0.15, -0.1) is 10.2 Å². The summed E-state index contributed by atoms with van der Waals surface area (Å²) in [5.41, 5.74) is 2.06. The van der Waals surface area contributed by atoms with E-state index in [9.17, 15) is 4.79 Å². The highest BCUT2D eigenvalue weighted by Gasteiger charge is 2.18. The summed E-state index contributed by atoms with van der Waals surface area (Å²) in [6.07, 6.45) is 0. The van der Waals surface area contributed by atoms with E-state index in [1.54, 1.807) is 19.1 Å². The van der Waals surface area contributed by atoms with E-state index in [0.717, 1.165) is 28.2 Å². The van der Waals surface area contributed by atoms with E-state index in [0.29, 0.717) is 6.54 Å². The second-order valence-electron chi connectivity index (χ2n) is 4.34. The highest BCUT2D eigenvalue weighted by atomic mass is 35.5. The standard InChI is InChI=1S/C13H14ClN3O2S/c1-8-4-5-10(19-3)9(6-8)7-17(2)12(18)11-15-16-13(14)20-11/h4-6H,7H2,1-3H3. The van der Waals surface area contributed by atoms with E-state index in [-0.39, 0.29) is 15.4 Å². The minimum Gasteiger partial charge on any atom is -0.496 e. The predicted molar refractivity (Wildman–Crippen MR) is 78.4 cm³/mol. The Bertz CT molecular complexity index is 630. The van der Waals surface area contributed by atoms with Gasteiger partial charge < -0.3 is 9.64 Å². The summed E-state index contributed by atoms with van der Waals surface area (Å²) in [4.78, 5) is 13.7. The maximum atomic E-state index is 12.2. The van der Waals surface area contributed by atoms with Crippen molar-refractivity contribution in [3.05, 3.63) is 38.8 Å². The van der Waals surface area contributed by atoms with Crippen molar-refractivity contribution in [3.63, 3.8) is 0 Å². The normalized spacial score (nSPS) is 10.4. The van der Waals surface area contributed by atoms with Gasteiger partial charge in [0.1, 0.15) is 5.75 Å². The van der Waals surface area contributed by atoms with Gasteiger partial charge in [0.25, 0.3) is 5.91 Å². The number of rotatable bonds is 4. The minimum absolute atomic E-state index is 0.210. The van der Waals surface area contributed by atoms with E-state index in [1.807, 2.05) is 25.1 Å². The zero-order valence-corrected chi connectivity index (χ0v) is 13.0. The Balaban J connectivity index is 2.17. The van der Waals surface area contributed by atoms with Crippen LogP contribution in [0.15, 0.2) is 18.2 Å². The maximum absolute atomic E-state index is 12.2. The molecular weight excluding hydrogens is 298 g/mol. The largest absolute Gasteiger partial charge is 0.496 e. The van der Waals surface area contributed by atoms with Crippen LogP contribution in [0.3, 0.4) is 0 Å². The third kappa shape index (κ3) is 3.26. The SMILES string of the molecule is COc1ccc(C)cc1CN(C)C(=O)c1nnc(Cl)s1. The van der Waals surface area contributed by atoms with Crippen LogP contribution >= 0.6 is 22.9 Å². The van der Waals surface area contributed by atoms with Crippen LogP contribution in [-0.4, -0.2) is 35.2 Å². The van der Waals surface area contributed by atoms with Crippen molar-refractivity contribution in [3.8, 4) is 5.75 Å². The molecule has 1 aromatic heterocycles. The highest BCUT2D eigenvalue weighted by Crippen LogP contribution is 2.22. The first-order valence-corrected chi connectivity index (χ1v) is 7.08. The van der Waals surface area contributed by atoms with Gasteiger partial charge >= 0.3 is 0 Å². The molecule has 0 fully saturated rings. The van der Waals surface area contributed by atoms with Crippen molar-refractivity contribution in [2.45, 2.75) is 13.5 Å². The lowest BCUT2D eigenvalue weighted by molar-refractivity contribution is 0.0783. The third-order valence-corrected chi connectivity index (χ3v) is 3.78. The number of methoxy groups -OCH3 is 1. The highest BCUT2D eigenvalue weighted by molar-refractivity contribution is 7.17. The maximum Gasteiger partial charge on any atom is 0.284 e. The molecule has 2 rings (SSSR count). The summed E-state index contributed by atoms with van der Waals surface area (Å²) in [7, 11) is 3.32. The monoisotopic (exact) mass is 311 g/mol. The molecule has 1 amide bonds. The van der Waals surface area contributed by atoms with Crippen LogP contribution in [0.2, 0.25) is 4.47 Å². The molecule has 1 heterocycles. The Morgan fingerprint density at radius 2 is 2.20 bits per heavy atom. The van der Waals surface area contributed by atoms with Crippen molar-refractivity contribution < 1.29 is 9.53 Å². The van der Waals surface area contributed by atoms with Gasteiger partial charge in [-0.2, -0.15) is 0 Å². The lowest BCUT2D eigenvalue weighted by Crippen LogP contribution is -2.26. The van der Waals surface area contributed by atoms with Crippen molar-refractivity contribution in [2.75, 3.05) is 14.2 Å². The number of hydrogen-bond donors (Lipinski definition) is 0. The molecule has 0 unspecified atom stereocenters. The number of amides is 1. The number of nitrogens with zero attached hydrogens (tertiary/aromatic N) is 3. The molecule has 5 nitrogen and oxygen atoms in total. The van der Waals surface area contributed by atoms with Gasteiger partial charge in [0, 0.05) is 19.2 Å². The fraction of sp³-hybridized carbons (Fsp3) is 0.308. The van der Waals surface area contributed by atoms with Crippen LogP contribution in [-0.2, 0) is 6.54 Å². The molecule has 20 heavy (non-hydrogen) atoms. The molecule has 0 atom stereocenters. The zero-order valence-electron chi connectivity index (χ0n) is 11.4. The fourth-order valence-electron chi connectivity index (χ4n) is 1.81. The summed E-state index contributed by atoms with van der Waals surface area (Å²) >= 11 is 6.76. The Hall–Kier alpha value is -1.66. The van der Waals surface area contributed by atoms with Crippen LogP contribution in [0, 0.1) is 6.92 Å². The first-order valence-electron chi connectivity index (χ1n) is 5.89. The van der Waals surface area contributed by atoms with Crippen molar-refractivity contribution in [1.29, 1.82) is 0 Å². The van der Waals surface area contributed by atoms with Crippen molar-refractivity contribution in [2.24, 2.45) is 0 Å². The Labute approximate surface area is 126 Å². The molecule has 106 valence electrons. The van der Waals surface area contributed by atoms with Gasteiger partial charge in [0.2, 0.25) is 9.47 Å². The summed E-state index contributed by atoms with van der Waals surface area (Å²) in [5.74, 6) is 0.545. The van der Waals surface area contributed by atoms with Crippen molar-refractivity contribution in [1.82, 2.24) is 15.1 Å². The molecule has 0 aliphatic heterocycles. The van der Waals surface area contributed by atoms with Crippen molar-refractivity contribution >= 4 is 28.8 Å². The topological polar surface area (TPSA) is 55.3 Å².